The first kappa shape index (κ1) is 27.1. The van der Waals surface area contributed by atoms with E-state index < -0.39 is 6.04 Å². The highest BCUT2D eigenvalue weighted by atomic mass is 35.5. The molecule has 3 aromatic carbocycles. The molecule has 3 aromatic rings. The van der Waals surface area contributed by atoms with Crippen LogP contribution in [0.3, 0.4) is 0 Å². The lowest BCUT2D eigenvalue weighted by atomic mass is 10.0. The monoisotopic (exact) mass is 531 g/mol. The number of likely N-dealkylation sites (N-methyl/N-ethyl adjacent to an activating group) is 1. The molecule has 1 aliphatic rings. The van der Waals surface area contributed by atoms with Crippen LogP contribution in [0.5, 0.6) is 0 Å². The summed E-state index contributed by atoms with van der Waals surface area (Å²) in [6, 6.07) is 22.7. The second kappa shape index (κ2) is 12.5. The van der Waals surface area contributed by atoms with E-state index in [1.165, 1.54) is 4.90 Å². The number of imide groups is 1. The van der Waals surface area contributed by atoms with Gasteiger partial charge in [0.25, 0.3) is 11.8 Å². The molecule has 38 heavy (non-hydrogen) atoms. The molecular formula is C30H30ClN3O4. The van der Waals surface area contributed by atoms with Crippen LogP contribution in [-0.2, 0) is 22.6 Å². The van der Waals surface area contributed by atoms with Gasteiger partial charge in [0.2, 0.25) is 11.8 Å². The Labute approximate surface area is 227 Å². The lowest BCUT2D eigenvalue weighted by Crippen LogP contribution is -2.50. The molecule has 7 nitrogen and oxygen atoms in total. The third-order valence-electron chi connectivity index (χ3n) is 6.54. The second-order valence-electron chi connectivity index (χ2n) is 9.16. The van der Waals surface area contributed by atoms with Crippen molar-refractivity contribution < 1.29 is 19.2 Å². The van der Waals surface area contributed by atoms with E-state index in [2.05, 4.69) is 5.32 Å². The molecule has 0 saturated carbocycles. The van der Waals surface area contributed by atoms with E-state index in [4.69, 9.17) is 11.6 Å². The van der Waals surface area contributed by atoms with Gasteiger partial charge in [-0.1, -0.05) is 66.2 Å². The fraction of sp³-hybridized carbons (Fsp3) is 0.267. The van der Waals surface area contributed by atoms with Crippen molar-refractivity contribution in [1.82, 2.24) is 15.1 Å². The summed E-state index contributed by atoms with van der Waals surface area (Å²) in [4.78, 5) is 55.0. The molecule has 4 amide bonds. The standard InChI is InChI=1S/C30H30ClN3O4/c1-2-32-28(36)26(19-21-9-4-3-5-10-21)34(20-22-14-16-23(31)17-15-22)27(35)13-8-18-33-29(37)24-11-6-7-12-25(24)30(33)38/h3-7,9-12,14-17,26H,2,8,13,18-20H2,1H3,(H,32,36)/t26-/m1/s1. The summed E-state index contributed by atoms with van der Waals surface area (Å²) in [6.07, 6.45) is 0.713. The average Bonchev–Trinajstić information content (AvgIpc) is 3.17. The second-order valence-corrected chi connectivity index (χ2v) is 9.60. The van der Waals surface area contributed by atoms with Gasteiger partial charge >= 0.3 is 0 Å². The Balaban J connectivity index is 1.52. The number of fused-ring (bicyclic) bond motifs is 1. The Morgan fingerprint density at radius 2 is 1.47 bits per heavy atom. The van der Waals surface area contributed by atoms with E-state index in [1.807, 2.05) is 49.4 Å². The van der Waals surface area contributed by atoms with Crippen molar-refractivity contribution in [2.75, 3.05) is 13.1 Å². The zero-order valence-corrected chi connectivity index (χ0v) is 22.0. The maximum atomic E-state index is 13.6. The predicted octanol–water partition coefficient (Wildman–Crippen LogP) is 4.49. The molecule has 0 aliphatic carbocycles. The molecule has 0 saturated heterocycles. The molecule has 0 fully saturated rings. The van der Waals surface area contributed by atoms with Crippen LogP contribution in [0.15, 0.2) is 78.9 Å². The maximum Gasteiger partial charge on any atom is 0.261 e. The minimum Gasteiger partial charge on any atom is -0.355 e. The number of amides is 4. The first-order valence-electron chi connectivity index (χ1n) is 12.7. The first-order valence-corrected chi connectivity index (χ1v) is 13.1. The lowest BCUT2D eigenvalue weighted by molar-refractivity contribution is -0.141. The minimum absolute atomic E-state index is 0.0751. The van der Waals surface area contributed by atoms with Gasteiger partial charge in [-0.05, 0) is 48.7 Å². The fourth-order valence-electron chi connectivity index (χ4n) is 4.61. The summed E-state index contributed by atoms with van der Waals surface area (Å²) in [5.41, 5.74) is 2.54. The molecule has 1 atom stereocenters. The number of nitrogens with zero attached hydrogens (tertiary/aromatic N) is 2. The van der Waals surface area contributed by atoms with Gasteiger partial charge in [-0.2, -0.15) is 0 Å². The smallest absolute Gasteiger partial charge is 0.261 e. The maximum absolute atomic E-state index is 13.6. The summed E-state index contributed by atoms with van der Waals surface area (Å²) in [5, 5.41) is 3.45. The minimum atomic E-state index is -0.736. The number of hydrogen-bond donors (Lipinski definition) is 1. The number of carbonyl (C=O) groups is 4. The Morgan fingerprint density at radius 3 is 2.08 bits per heavy atom. The van der Waals surface area contributed by atoms with Crippen LogP contribution in [0.25, 0.3) is 0 Å². The largest absolute Gasteiger partial charge is 0.355 e. The Kier molecular flexibility index (Phi) is 8.92. The van der Waals surface area contributed by atoms with Crippen LogP contribution in [-0.4, -0.2) is 52.6 Å². The summed E-state index contributed by atoms with van der Waals surface area (Å²) >= 11 is 6.06. The van der Waals surface area contributed by atoms with Gasteiger partial charge in [-0.15, -0.1) is 0 Å². The van der Waals surface area contributed by atoms with E-state index in [-0.39, 0.29) is 49.6 Å². The summed E-state index contributed by atoms with van der Waals surface area (Å²) < 4.78 is 0. The molecule has 0 unspecified atom stereocenters. The number of hydrogen-bond acceptors (Lipinski definition) is 4. The molecule has 0 spiro atoms. The zero-order chi connectivity index (χ0) is 27.1. The highest BCUT2D eigenvalue weighted by Gasteiger charge is 2.35. The summed E-state index contributed by atoms with van der Waals surface area (Å²) in [5.74, 6) is -1.16. The molecule has 0 bridgehead atoms. The van der Waals surface area contributed by atoms with Gasteiger partial charge in [-0.3, -0.25) is 24.1 Å². The van der Waals surface area contributed by atoms with Crippen molar-refractivity contribution in [2.24, 2.45) is 0 Å². The van der Waals surface area contributed by atoms with Crippen molar-refractivity contribution in [2.45, 2.75) is 38.8 Å². The van der Waals surface area contributed by atoms with Crippen molar-refractivity contribution >= 4 is 35.2 Å². The molecule has 0 radical (unpaired) electrons. The predicted molar refractivity (Wildman–Crippen MR) is 146 cm³/mol. The lowest BCUT2D eigenvalue weighted by Gasteiger charge is -2.31. The first-order chi connectivity index (χ1) is 18.4. The number of carbonyl (C=O) groups excluding carboxylic acids is 4. The van der Waals surface area contributed by atoms with E-state index >= 15 is 0 Å². The van der Waals surface area contributed by atoms with Gasteiger partial charge < -0.3 is 10.2 Å². The molecule has 0 aromatic heterocycles. The van der Waals surface area contributed by atoms with Crippen LogP contribution < -0.4 is 5.32 Å². The van der Waals surface area contributed by atoms with Gasteiger partial charge in [0.15, 0.2) is 0 Å². The molecular weight excluding hydrogens is 502 g/mol. The SMILES string of the molecule is CCNC(=O)[C@@H](Cc1ccccc1)N(Cc1ccc(Cl)cc1)C(=O)CCCN1C(=O)c2ccccc2C1=O. The Morgan fingerprint density at radius 1 is 0.868 bits per heavy atom. The van der Waals surface area contributed by atoms with Gasteiger partial charge in [0.1, 0.15) is 6.04 Å². The molecule has 1 heterocycles. The van der Waals surface area contributed by atoms with E-state index in [1.54, 1.807) is 41.3 Å². The van der Waals surface area contributed by atoms with Gasteiger partial charge in [0.05, 0.1) is 11.1 Å². The van der Waals surface area contributed by atoms with Crippen molar-refractivity contribution in [3.8, 4) is 0 Å². The molecule has 4 rings (SSSR count). The third-order valence-corrected chi connectivity index (χ3v) is 6.79. The zero-order valence-electron chi connectivity index (χ0n) is 21.2. The molecule has 8 heteroatoms. The van der Waals surface area contributed by atoms with Gasteiger partial charge in [-0.25, -0.2) is 0 Å². The van der Waals surface area contributed by atoms with E-state index in [9.17, 15) is 19.2 Å². The topological polar surface area (TPSA) is 86.8 Å². The van der Waals surface area contributed by atoms with Crippen molar-refractivity contribution in [3.05, 3.63) is 106 Å². The van der Waals surface area contributed by atoms with E-state index in [0.717, 1.165) is 11.1 Å². The van der Waals surface area contributed by atoms with E-state index in [0.29, 0.717) is 29.1 Å². The van der Waals surface area contributed by atoms with Crippen LogP contribution in [0.1, 0.15) is 51.6 Å². The van der Waals surface area contributed by atoms with Crippen molar-refractivity contribution in [3.63, 3.8) is 0 Å². The highest BCUT2D eigenvalue weighted by Crippen LogP contribution is 2.23. The fourth-order valence-corrected chi connectivity index (χ4v) is 4.73. The quantitative estimate of drug-likeness (QED) is 0.369. The van der Waals surface area contributed by atoms with Crippen molar-refractivity contribution in [1.29, 1.82) is 0 Å². The molecule has 1 aliphatic heterocycles. The average molecular weight is 532 g/mol. The van der Waals surface area contributed by atoms with Crippen LogP contribution in [0.4, 0.5) is 0 Å². The Hall–Kier alpha value is -3.97. The van der Waals surface area contributed by atoms with Crippen LogP contribution in [0, 0.1) is 0 Å². The number of nitrogens with one attached hydrogen (secondary N) is 1. The summed E-state index contributed by atoms with van der Waals surface area (Å²) in [7, 11) is 0. The van der Waals surface area contributed by atoms with Crippen LogP contribution in [0.2, 0.25) is 5.02 Å². The highest BCUT2D eigenvalue weighted by molar-refractivity contribution is 6.30. The number of benzene rings is 3. The van der Waals surface area contributed by atoms with Gasteiger partial charge in [0, 0.05) is 37.5 Å². The third kappa shape index (κ3) is 6.29. The molecule has 1 N–H and O–H groups in total. The normalized spacial score (nSPS) is 13.3. The summed E-state index contributed by atoms with van der Waals surface area (Å²) in [6.45, 7) is 2.62. The number of halogens is 1. The Bertz CT molecular complexity index is 1280. The van der Waals surface area contributed by atoms with Crippen LogP contribution >= 0.6 is 11.6 Å². The molecule has 196 valence electrons. The number of rotatable bonds is 11.